The van der Waals surface area contributed by atoms with E-state index < -0.39 is 10.0 Å². The van der Waals surface area contributed by atoms with Crippen molar-refractivity contribution in [3.63, 3.8) is 0 Å². The smallest absolute Gasteiger partial charge is 0.243 e. The largest absolute Gasteiger partial charge is 0.497 e. The first kappa shape index (κ1) is 18.0. The van der Waals surface area contributed by atoms with E-state index in [4.69, 9.17) is 4.74 Å². The highest BCUT2D eigenvalue weighted by molar-refractivity contribution is 7.89. The summed E-state index contributed by atoms with van der Waals surface area (Å²) in [6.45, 7) is 4.91. The second-order valence-corrected chi connectivity index (χ2v) is 8.71. The lowest BCUT2D eigenvalue weighted by molar-refractivity contribution is 0.267. The Balaban J connectivity index is 1.48. The predicted octanol–water partition coefficient (Wildman–Crippen LogP) is 0.987. The van der Waals surface area contributed by atoms with Gasteiger partial charge >= 0.3 is 0 Å². The van der Waals surface area contributed by atoms with Crippen LogP contribution in [0.2, 0.25) is 0 Å². The third-order valence-electron chi connectivity index (χ3n) is 4.94. The van der Waals surface area contributed by atoms with E-state index in [0.717, 1.165) is 18.2 Å². The molecule has 3 aliphatic heterocycles. The van der Waals surface area contributed by atoms with Gasteiger partial charge in [-0.15, -0.1) is 0 Å². The van der Waals surface area contributed by atoms with Gasteiger partial charge in [-0.2, -0.15) is 4.31 Å². The van der Waals surface area contributed by atoms with Gasteiger partial charge in [-0.25, -0.2) is 13.4 Å². The zero-order valence-electron chi connectivity index (χ0n) is 15.4. The number of aliphatic imine (C=N–C) groups is 2. The lowest BCUT2D eigenvalue weighted by Gasteiger charge is -2.37. The van der Waals surface area contributed by atoms with Crippen LogP contribution in [0.25, 0.3) is 0 Å². The van der Waals surface area contributed by atoms with Crippen molar-refractivity contribution in [3.05, 3.63) is 36.7 Å². The fourth-order valence-corrected chi connectivity index (χ4v) is 4.99. The maximum Gasteiger partial charge on any atom is 0.243 e. The van der Waals surface area contributed by atoms with Crippen molar-refractivity contribution in [1.82, 2.24) is 14.1 Å². The molecule has 3 aliphatic rings. The highest BCUT2D eigenvalue weighted by atomic mass is 32.2. The first-order valence-electron chi connectivity index (χ1n) is 8.97. The van der Waals surface area contributed by atoms with Crippen LogP contribution in [0.15, 0.2) is 51.5 Å². The summed E-state index contributed by atoms with van der Waals surface area (Å²) in [7, 11) is -2.02. The molecule has 0 radical (unpaired) electrons. The van der Waals surface area contributed by atoms with Crippen LogP contribution in [0, 0.1) is 0 Å². The number of methoxy groups -OCH3 is 1. The Hall–Kier alpha value is -2.39. The Kier molecular flexibility index (Phi) is 4.65. The molecule has 0 aromatic heterocycles. The third kappa shape index (κ3) is 3.32. The standard InChI is InChI=1S/C18H23N5O3S/c1-14-13-22-7-6-19-17(18(22)20-14)21-8-10-23(11-9-21)27(24,25)16-5-3-4-15(12-16)26-2/h3-7,12,14H,8-11,13H2,1-2H3/t14-/m1/s1. The summed E-state index contributed by atoms with van der Waals surface area (Å²) in [5.41, 5.74) is 0. The number of sulfonamides is 1. The van der Waals surface area contributed by atoms with Crippen LogP contribution >= 0.6 is 0 Å². The number of amidine groups is 2. The highest BCUT2D eigenvalue weighted by Gasteiger charge is 2.34. The fourth-order valence-electron chi connectivity index (χ4n) is 3.53. The summed E-state index contributed by atoms with van der Waals surface area (Å²) in [5, 5.41) is 0. The minimum atomic E-state index is -3.54. The summed E-state index contributed by atoms with van der Waals surface area (Å²) in [6, 6.07) is 6.83. The molecule has 8 nitrogen and oxygen atoms in total. The molecule has 1 atom stereocenters. The number of hydrogen-bond acceptors (Lipinski definition) is 7. The van der Waals surface area contributed by atoms with Crippen molar-refractivity contribution < 1.29 is 13.2 Å². The lowest BCUT2D eigenvalue weighted by atomic mass is 10.3. The minimum absolute atomic E-state index is 0.239. The normalized spacial score (nSPS) is 23.1. The maximum absolute atomic E-state index is 12.9. The van der Waals surface area contributed by atoms with E-state index in [1.165, 1.54) is 11.4 Å². The van der Waals surface area contributed by atoms with Gasteiger partial charge in [-0.3, -0.25) is 4.99 Å². The molecule has 4 rings (SSSR count). The molecule has 0 amide bonds. The fraction of sp³-hybridized carbons (Fsp3) is 0.444. The summed E-state index contributed by atoms with van der Waals surface area (Å²) in [5.74, 6) is 2.25. The zero-order valence-corrected chi connectivity index (χ0v) is 16.3. The van der Waals surface area contributed by atoms with Crippen LogP contribution in [-0.2, 0) is 10.0 Å². The monoisotopic (exact) mass is 389 g/mol. The van der Waals surface area contributed by atoms with Gasteiger partial charge in [-0.05, 0) is 19.1 Å². The summed E-state index contributed by atoms with van der Waals surface area (Å²) < 4.78 is 32.6. The van der Waals surface area contributed by atoms with E-state index in [1.807, 2.05) is 6.20 Å². The Morgan fingerprint density at radius 1 is 1.15 bits per heavy atom. The van der Waals surface area contributed by atoms with Gasteiger partial charge in [0.1, 0.15) is 5.75 Å². The molecule has 1 saturated heterocycles. The number of nitrogens with zero attached hydrogens (tertiary/aromatic N) is 5. The second-order valence-electron chi connectivity index (χ2n) is 6.78. The van der Waals surface area contributed by atoms with Gasteiger partial charge in [0.15, 0.2) is 11.7 Å². The van der Waals surface area contributed by atoms with Gasteiger partial charge < -0.3 is 14.5 Å². The van der Waals surface area contributed by atoms with Gasteiger partial charge in [0.05, 0.1) is 18.0 Å². The SMILES string of the molecule is COc1cccc(S(=O)(=O)N2CCN(C3=NC=CN4C[C@@H](C)N=C34)CC2)c1. The number of ether oxygens (including phenoxy) is 1. The van der Waals surface area contributed by atoms with Crippen molar-refractivity contribution in [1.29, 1.82) is 0 Å². The lowest BCUT2D eigenvalue weighted by Crippen LogP contribution is -2.53. The molecule has 0 saturated carbocycles. The molecule has 3 heterocycles. The Bertz CT molecular complexity index is 917. The van der Waals surface area contributed by atoms with E-state index in [9.17, 15) is 8.42 Å². The average molecular weight is 389 g/mol. The zero-order chi connectivity index (χ0) is 19.0. The topological polar surface area (TPSA) is 77.8 Å². The second kappa shape index (κ2) is 6.97. The number of piperazine rings is 1. The molecular formula is C18H23N5O3S. The van der Waals surface area contributed by atoms with E-state index in [1.54, 1.807) is 30.5 Å². The molecule has 1 aromatic rings. The molecule has 0 bridgehead atoms. The number of benzene rings is 1. The van der Waals surface area contributed by atoms with Gasteiger partial charge in [0.25, 0.3) is 0 Å². The van der Waals surface area contributed by atoms with E-state index in [-0.39, 0.29) is 10.9 Å². The predicted molar refractivity (Wildman–Crippen MR) is 104 cm³/mol. The molecular weight excluding hydrogens is 366 g/mol. The van der Waals surface area contributed by atoms with Crippen LogP contribution in [-0.4, -0.2) is 80.1 Å². The van der Waals surface area contributed by atoms with Crippen LogP contribution < -0.4 is 4.74 Å². The van der Waals surface area contributed by atoms with Gasteiger partial charge in [0, 0.05) is 51.2 Å². The molecule has 1 fully saturated rings. The van der Waals surface area contributed by atoms with Crippen molar-refractivity contribution in [2.75, 3.05) is 39.8 Å². The third-order valence-corrected chi connectivity index (χ3v) is 6.83. The van der Waals surface area contributed by atoms with Gasteiger partial charge in [0.2, 0.25) is 10.0 Å². The first-order chi connectivity index (χ1) is 13.0. The van der Waals surface area contributed by atoms with Gasteiger partial charge in [-0.1, -0.05) is 6.07 Å². The molecule has 27 heavy (non-hydrogen) atoms. The molecule has 0 aliphatic carbocycles. The number of hydrogen-bond donors (Lipinski definition) is 0. The van der Waals surface area contributed by atoms with Crippen molar-refractivity contribution >= 4 is 21.7 Å². The van der Waals surface area contributed by atoms with Crippen LogP contribution in [0.1, 0.15) is 6.92 Å². The quantitative estimate of drug-likeness (QED) is 0.770. The van der Waals surface area contributed by atoms with E-state index in [0.29, 0.717) is 31.9 Å². The molecule has 0 spiro atoms. The van der Waals surface area contributed by atoms with Crippen molar-refractivity contribution in [3.8, 4) is 5.75 Å². The van der Waals surface area contributed by atoms with E-state index in [2.05, 4.69) is 26.7 Å². The summed E-state index contributed by atoms with van der Waals surface area (Å²) in [6.07, 6.45) is 3.72. The number of fused-ring (bicyclic) bond motifs is 1. The Labute approximate surface area is 159 Å². The van der Waals surface area contributed by atoms with Crippen molar-refractivity contribution in [2.24, 2.45) is 9.98 Å². The highest BCUT2D eigenvalue weighted by Crippen LogP contribution is 2.23. The molecule has 144 valence electrons. The average Bonchev–Trinajstić information content (AvgIpc) is 3.08. The molecule has 0 unspecified atom stereocenters. The number of rotatable bonds is 3. The molecule has 0 N–H and O–H groups in total. The van der Waals surface area contributed by atoms with Crippen LogP contribution in [0.3, 0.4) is 0 Å². The molecule has 1 aromatic carbocycles. The minimum Gasteiger partial charge on any atom is -0.497 e. The van der Waals surface area contributed by atoms with Crippen LogP contribution in [0.5, 0.6) is 5.75 Å². The van der Waals surface area contributed by atoms with Crippen molar-refractivity contribution in [2.45, 2.75) is 17.9 Å². The first-order valence-corrected chi connectivity index (χ1v) is 10.4. The maximum atomic E-state index is 12.9. The van der Waals surface area contributed by atoms with E-state index >= 15 is 0 Å². The summed E-state index contributed by atoms with van der Waals surface area (Å²) >= 11 is 0. The van der Waals surface area contributed by atoms with Crippen LogP contribution in [0.4, 0.5) is 0 Å². The molecule has 9 heteroatoms. The Morgan fingerprint density at radius 2 is 1.93 bits per heavy atom. The summed E-state index contributed by atoms with van der Waals surface area (Å²) in [4.78, 5) is 13.7. The Morgan fingerprint density at radius 3 is 2.67 bits per heavy atom.